The average Bonchev–Trinajstić information content (AvgIpc) is 2.96. The number of rotatable bonds is 8. The number of nitrogens with zero attached hydrogens (tertiary/aromatic N) is 2. The third-order valence-electron chi connectivity index (χ3n) is 3.22. The van der Waals surface area contributed by atoms with Gasteiger partial charge in [-0.25, -0.2) is 4.79 Å². The van der Waals surface area contributed by atoms with Crippen molar-refractivity contribution in [1.82, 2.24) is 15.5 Å². The molecule has 1 heterocycles. The number of unbranched alkanes of at least 4 members (excludes halogenated alkanes) is 1. The van der Waals surface area contributed by atoms with E-state index < -0.39 is 6.09 Å². The van der Waals surface area contributed by atoms with E-state index in [-0.39, 0.29) is 6.04 Å². The van der Waals surface area contributed by atoms with Crippen LogP contribution in [0.25, 0.3) is 0 Å². The topological polar surface area (TPSA) is 114 Å². The normalized spacial score (nSPS) is 12.0. The van der Waals surface area contributed by atoms with E-state index in [9.17, 15) is 4.79 Å². The first-order chi connectivity index (χ1) is 10.6. The van der Waals surface area contributed by atoms with Crippen LogP contribution in [0.15, 0.2) is 34.9 Å². The number of nitrogens with two attached hydrogens (primary N) is 1. The minimum atomic E-state index is -1.01. The predicted octanol–water partition coefficient (Wildman–Crippen LogP) is 2.10. The molecule has 0 aliphatic carbocycles. The molecule has 2 aromatic rings. The summed E-state index contributed by atoms with van der Waals surface area (Å²) < 4.78 is 5.20. The van der Waals surface area contributed by atoms with Crippen LogP contribution in [0.2, 0.25) is 0 Å². The molecule has 2 rings (SSSR count). The summed E-state index contributed by atoms with van der Waals surface area (Å²) in [5, 5.41) is 14.7. The third-order valence-corrected chi connectivity index (χ3v) is 3.22. The molecule has 22 heavy (non-hydrogen) atoms. The van der Waals surface area contributed by atoms with E-state index in [1.54, 1.807) is 0 Å². The molecule has 0 aliphatic heterocycles. The fourth-order valence-corrected chi connectivity index (χ4v) is 2.08. The third kappa shape index (κ3) is 5.17. The molecule has 4 N–H and O–H groups in total. The second-order valence-corrected chi connectivity index (χ2v) is 5.05. The lowest BCUT2D eigenvalue weighted by atomic mass is 10.1. The predicted molar refractivity (Wildman–Crippen MR) is 80.4 cm³/mol. The SMILES string of the molecule is N[C@@H](CCCCNC(=O)O)c1nc(Cc2ccccc2)no1. The van der Waals surface area contributed by atoms with Crippen molar-refractivity contribution in [2.24, 2.45) is 5.73 Å². The zero-order valence-electron chi connectivity index (χ0n) is 12.2. The molecule has 1 aromatic heterocycles. The molecule has 0 bridgehead atoms. The van der Waals surface area contributed by atoms with Crippen molar-refractivity contribution < 1.29 is 14.4 Å². The molecule has 0 fully saturated rings. The van der Waals surface area contributed by atoms with Crippen molar-refractivity contribution in [1.29, 1.82) is 0 Å². The number of benzene rings is 1. The lowest BCUT2D eigenvalue weighted by Crippen LogP contribution is -2.22. The van der Waals surface area contributed by atoms with Gasteiger partial charge < -0.3 is 20.7 Å². The smallest absolute Gasteiger partial charge is 0.404 e. The first-order valence-electron chi connectivity index (χ1n) is 7.24. The summed E-state index contributed by atoms with van der Waals surface area (Å²) in [6, 6.07) is 9.58. The van der Waals surface area contributed by atoms with Crippen LogP contribution in [0.1, 0.15) is 42.6 Å². The lowest BCUT2D eigenvalue weighted by molar-refractivity contribution is 0.194. The van der Waals surface area contributed by atoms with Crippen molar-refractivity contribution in [2.45, 2.75) is 31.7 Å². The number of amides is 1. The van der Waals surface area contributed by atoms with E-state index in [0.29, 0.717) is 31.1 Å². The minimum Gasteiger partial charge on any atom is -0.465 e. The van der Waals surface area contributed by atoms with Gasteiger partial charge in [-0.15, -0.1) is 0 Å². The van der Waals surface area contributed by atoms with Crippen LogP contribution in [0.4, 0.5) is 4.79 Å². The fraction of sp³-hybridized carbons (Fsp3) is 0.400. The van der Waals surface area contributed by atoms with Crippen LogP contribution in [0, 0.1) is 0 Å². The molecule has 7 heteroatoms. The number of aromatic nitrogens is 2. The summed E-state index contributed by atoms with van der Waals surface area (Å²) in [5.41, 5.74) is 7.12. The van der Waals surface area contributed by atoms with Crippen molar-refractivity contribution in [3.05, 3.63) is 47.6 Å². The first kappa shape index (κ1) is 16.0. The molecule has 0 unspecified atom stereocenters. The van der Waals surface area contributed by atoms with Gasteiger partial charge in [-0.3, -0.25) is 0 Å². The molecule has 1 atom stereocenters. The van der Waals surface area contributed by atoms with Crippen molar-refractivity contribution in [2.75, 3.05) is 6.54 Å². The molecule has 0 saturated heterocycles. The van der Waals surface area contributed by atoms with Gasteiger partial charge in [0.05, 0.1) is 6.04 Å². The van der Waals surface area contributed by atoms with Crippen molar-refractivity contribution in [3.8, 4) is 0 Å². The van der Waals surface area contributed by atoms with Gasteiger partial charge >= 0.3 is 6.09 Å². The molecule has 0 saturated carbocycles. The summed E-state index contributed by atoms with van der Waals surface area (Å²) in [5.74, 6) is 1.04. The van der Waals surface area contributed by atoms with Crippen molar-refractivity contribution in [3.63, 3.8) is 0 Å². The standard InChI is InChI=1S/C15H20N4O3/c16-12(8-4-5-9-17-15(20)21)14-18-13(19-22-14)10-11-6-2-1-3-7-11/h1-3,6-7,12,17H,4-5,8-10,16H2,(H,20,21)/t12-/m0/s1. The van der Waals surface area contributed by atoms with E-state index in [0.717, 1.165) is 18.4 Å². The molecule has 0 aliphatic rings. The van der Waals surface area contributed by atoms with Crippen LogP contribution in [0.3, 0.4) is 0 Å². The summed E-state index contributed by atoms with van der Waals surface area (Å²) in [6.45, 7) is 0.422. The Bertz CT molecular complexity index is 585. The maximum Gasteiger partial charge on any atom is 0.404 e. The maximum absolute atomic E-state index is 10.3. The first-order valence-corrected chi connectivity index (χ1v) is 7.24. The molecular weight excluding hydrogens is 284 g/mol. The Hall–Kier alpha value is -2.41. The van der Waals surface area contributed by atoms with Crippen LogP contribution in [-0.4, -0.2) is 27.9 Å². The summed E-state index contributed by atoms with van der Waals surface area (Å²) in [6.07, 6.45) is 1.79. The van der Waals surface area contributed by atoms with Crippen molar-refractivity contribution >= 4 is 6.09 Å². The van der Waals surface area contributed by atoms with E-state index >= 15 is 0 Å². The second kappa shape index (κ2) is 8.14. The van der Waals surface area contributed by atoms with Crippen LogP contribution < -0.4 is 11.1 Å². The maximum atomic E-state index is 10.3. The zero-order chi connectivity index (χ0) is 15.8. The van der Waals surface area contributed by atoms with Gasteiger partial charge in [0, 0.05) is 13.0 Å². The Labute approximate surface area is 128 Å². The fourth-order valence-electron chi connectivity index (χ4n) is 2.08. The summed E-state index contributed by atoms with van der Waals surface area (Å²) >= 11 is 0. The molecular formula is C15H20N4O3. The Balaban J connectivity index is 1.76. The molecule has 1 amide bonds. The highest BCUT2D eigenvalue weighted by molar-refractivity contribution is 5.64. The van der Waals surface area contributed by atoms with Crippen LogP contribution in [-0.2, 0) is 6.42 Å². The van der Waals surface area contributed by atoms with Gasteiger partial charge in [-0.1, -0.05) is 35.5 Å². The van der Waals surface area contributed by atoms with E-state index in [1.165, 1.54) is 0 Å². The van der Waals surface area contributed by atoms with Gasteiger partial charge in [-0.05, 0) is 24.8 Å². The lowest BCUT2D eigenvalue weighted by Gasteiger charge is -2.06. The monoisotopic (exact) mass is 304 g/mol. The minimum absolute atomic E-state index is 0.318. The zero-order valence-corrected chi connectivity index (χ0v) is 12.2. The van der Waals surface area contributed by atoms with Gasteiger partial charge in [0.15, 0.2) is 5.82 Å². The number of carbonyl (C=O) groups is 1. The van der Waals surface area contributed by atoms with Gasteiger partial charge in [-0.2, -0.15) is 4.98 Å². The number of hydrogen-bond acceptors (Lipinski definition) is 5. The summed E-state index contributed by atoms with van der Waals surface area (Å²) in [7, 11) is 0. The van der Waals surface area contributed by atoms with E-state index in [1.807, 2.05) is 30.3 Å². The van der Waals surface area contributed by atoms with Gasteiger partial charge in [0.25, 0.3) is 0 Å². The van der Waals surface area contributed by atoms with E-state index in [4.69, 9.17) is 15.4 Å². The molecule has 0 radical (unpaired) electrons. The second-order valence-electron chi connectivity index (χ2n) is 5.05. The molecule has 7 nitrogen and oxygen atoms in total. The van der Waals surface area contributed by atoms with Gasteiger partial charge in [0.1, 0.15) is 0 Å². The number of hydrogen-bond donors (Lipinski definition) is 3. The average molecular weight is 304 g/mol. The quantitative estimate of drug-likeness (QED) is 0.643. The Morgan fingerprint density at radius 2 is 2.09 bits per heavy atom. The van der Waals surface area contributed by atoms with Crippen LogP contribution in [0.5, 0.6) is 0 Å². The molecule has 0 spiro atoms. The molecule has 1 aromatic carbocycles. The number of carboxylic acid groups (broad SMARTS) is 1. The highest BCUT2D eigenvalue weighted by atomic mass is 16.5. The Kier molecular flexibility index (Phi) is 5.91. The summed E-state index contributed by atoms with van der Waals surface area (Å²) in [4.78, 5) is 14.6. The highest BCUT2D eigenvalue weighted by Gasteiger charge is 2.14. The number of nitrogens with one attached hydrogen (secondary N) is 1. The van der Waals surface area contributed by atoms with E-state index in [2.05, 4.69) is 15.5 Å². The highest BCUT2D eigenvalue weighted by Crippen LogP contribution is 2.15. The Morgan fingerprint density at radius 3 is 2.82 bits per heavy atom. The van der Waals surface area contributed by atoms with Gasteiger partial charge in [0.2, 0.25) is 5.89 Å². The van der Waals surface area contributed by atoms with Crippen LogP contribution >= 0.6 is 0 Å². The largest absolute Gasteiger partial charge is 0.465 e. The molecule has 118 valence electrons. The Morgan fingerprint density at radius 1 is 1.32 bits per heavy atom.